The highest BCUT2D eigenvalue weighted by atomic mass is 16.6. The number of fused-ring (bicyclic) bond motifs is 5. The van der Waals surface area contributed by atoms with Crippen molar-refractivity contribution >= 4 is 29.5 Å². The van der Waals surface area contributed by atoms with Gasteiger partial charge in [0.15, 0.2) is 0 Å². The lowest BCUT2D eigenvalue weighted by atomic mass is 9.46. The maximum Gasteiger partial charge on any atom is 0.408 e. The quantitative estimate of drug-likeness (QED) is 0.175. The number of rotatable bonds is 12. The molecule has 0 bridgehead atoms. The fourth-order valence-electron chi connectivity index (χ4n) is 10.3. The average molecular weight is 725 g/mol. The normalized spacial score (nSPS) is 28.8. The number of alkyl carbamates (subject to hydrolysis) is 1. The van der Waals surface area contributed by atoms with Crippen molar-refractivity contribution in [2.75, 3.05) is 6.54 Å². The summed E-state index contributed by atoms with van der Waals surface area (Å²) in [6, 6.07) is 11.2. The van der Waals surface area contributed by atoms with Crippen LogP contribution >= 0.6 is 0 Å². The van der Waals surface area contributed by atoms with Gasteiger partial charge in [-0.05, 0) is 129 Å². The minimum Gasteiger partial charge on any atom is -0.480 e. The van der Waals surface area contributed by atoms with Gasteiger partial charge in [0.05, 0.1) is 0 Å². The zero-order chi connectivity index (χ0) is 38.0. The standard InChI is InChI=1S/C43H56N4O6/c1-27(39(50)51)46-38(49)36(23-28-10-7-6-8-11-28)47-37(48)26-45-40(52)53-41(2,3)24-29-17-19-42(4)31(22-29)13-14-32-34-16-15-33(30-12-9-21-44-25-30)43(34,5)20-18-35(32)42/h6-13,15,21,25,27,29,32,34-36H,14,16-20,22-24,26H2,1-5H3,(H,45,52)(H,46,49)(H,47,48)(H,50,51)/t27?,29-,32-,34-,35-,36?,42-,43+/m0/s1. The van der Waals surface area contributed by atoms with Crippen molar-refractivity contribution in [2.45, 2.75) is 110 Å². The fourth-order valence-corrected chi connectivity index (χ4v) is 10.3. The number of aliphatic carboxylic acids is 1. The lowest BCUT2D eigenvalue weighted by Crippen LogP contribution is -2.53. The van der Waals surface area contributed by atoms with E-state index in [-0.39, 0.29) is 17.3 Å². The van der Waals surface area contributed by atoms with Gasteiger partial charge in [0.25, 0.3) is 0 Å². The van der Waals surface area contributed by atoms with Crippen LogP contribution in [0.1, 0.15) is 97.1 Å². The third-order valence-corrected chi connectivity index (χ3v) is 13.0. The van der Waals surface area contributed by atoms with E-state index in [1.165, 1.54) is 30.9 Å². The van der Waals surface area contributed by atoms with Crippen LogP contribution in [0, 0.1) is 34.5 Å². The van der Waals surface area contributed by atoms with Gasteiger partial charge in [0.2, 0.25) is 11.8 Å². The van der Waals surface area contributed by atoms with Crippen LogP contribution in [0.5, 0.6) is 0 Å². The number of hydrogen-bond acceptors (Lipinski definition) is 6. The van der Waals surface area contributed by atoms with Crippen LogP contribution < -0.4 is 16.0 Å². The molecule has 0 radical (unpaired) electrons. The summed E-state index contributed by atoms with van der Waals surface area (Å²) in [7, 11) is 0. The van der Waals surface area contributed by atoms with Gasteiger partial charge in [-0.1, -0.05) is 68.0 Å². The predicted molar refractivity (Wildman–Crippen MR) is 203 cm³/mol. The van der Waals surface area contributed by atoms with Crippen molar-refractivity contribution in [3.63, 3.8) is 0 Å². The van der Waals surface area contributed by atoms with E-state index < -0.39 is 48.1 Å². The molecule has 4 N–H and O–H groups in total. The first-order chi connectivity index (χ1) is 25.2. The van der Waals surface area contributed by atoms with E-state index in [2.05, 4.69) is 53.0 Å². The number of benzene rings is 1. The molecule has 2 saturated carbocycles. The smallest absolute Gasteiger partial charge is 0.408 e. The maximum absolute atomic E-state index is 12.9. The average Bonchev–Trinajstić information content (AvgIpc) is 3.48. The SMILES string of the molecule is CC(NC(=O)C(Cc1ccccc1)NC(=O)CNC(=O)OC(C)(C)C[C@H]1CC[C@@]2(C)C(=CC[C@@H]3[C@@H]2CC[C@]2(C)C(c4cccnc4)=CC[C@@H]32)C1)C(=O)O. The Bertz CT molecular complexity index is 1740. The molecule has 1 aromatic heterocycles. The molecule has 2 fully saturated rings. The van der Waals surface area contributed by atoms with Gasteiger partial charge < -0.3 is 25.8 Å². The van der Waals surface area contributed by atoms with Crippen molar-refractivity contribution in [3.05, 3.63) is 83.7 Å². The summed E-state index contributed by atoms with van der Waals surface area (Å²) in [4.78, 5) is 54.4. The molecule has 6 rings (SSSR count). The number of nitrogens with zero attached hydrogens (tertiary/aromatic N) is 1. The molecule has 0 saturated heterocycles. The molecule has 3 amide bonds. The van der Waals surface area contributed by atoms with E-state index in [1.54, 1.807) is 5.57 Å². The molecule has 0 spiro atoms. The number of ether oxygens (including phenoxy) is 1. The molecule has 10 heteroatoms. The van der Waals surface area contributed by atoms with Crippen molar-refractivity contribution in [1.29, 1.82) is 0 Å². The molecular formula is C43H56N4O6. The van der Waals surface area contributed by atoms with Gasteiger partial charge in [-0.3, -0.25) is 19.4 Å². The van der Waals surface area contributed by atoms with Gasteiger partial charge in [0, 0.05) is 18.8 Å². The molecule has 8 atom stereocenters. The van der Waals surface area contributed by atoms with E-state index in [1.807, 2.05) is 62.6 Å². The third-order valence-electron chi connectivity index (χ3n) is 13.0. The summed E-state index contributed by atoms with van der Waals surface area (Å²) < 4.78 is 5.87. The van der Waals surface area contributed by atoms with Crippen LogP contribution in [0.2, 0.25) is 0 Å². The Kier molecular flexibility index (Phi) is 11.2. The lowest BCUT2D eigenvalue weighted by molar-refractivity contribution is -0.141. The monoisotopic (exact) mass is 724 g/mol. The summed E-state index contributed by atoms with van der Waals surface area (Å²) in [5.74, 6) is 0.0183. The number of allylic oxidation sites excluding steroid dienone is 4. The molecule has 2 aromatic rings. The van der Waals surface area contributed by atoms with Crippen LogP contribution in [0.15, 0.2) is 72.6 Å². The molecule has 0 aliphatic heterocycles. The number of carboxylic acid groups (broad SMARTS) is 1. The maximum atomic E-state index is 12.9. The van der Waals surface area contributed by atoms with Crippen molar-refractivity contribution < 1.29 is 29.0 Å². The summed E-state index contributed by atoms with van der Waals surface area (Å²) in [5.41, 5.74) is 4.80. The summed E-state index contributed by atoms with van der Waals surface area (Å²) in [6.45, 7) is 9.82. The van der Waals surface area contributed by atoms with Crippen molar-refractivity contribution in [3.8, 4) is 0 Å². The second kappa shape index (κ2) is 15.5. The molecule has 4 aliphatic rings. The highest BCUT2D eigenvalue weighted by Crippen LogP contribution is 2.66. The number of aromatic nitrogens is 1. The molecule has 53 heavy (non-hydrogen) atoms. The second-order valence-corrected chi connectivity index (χ2v) is 17.0. The molecule has 2 unspecified atom stereocenters. The molecule has 284 valence electrons. The second-order valence-electron chi connectivity index (χ2n) is 17.0. The highest BCUT2D eigenvalue weighted by molar-refractivity contribution is 5.91. The van der Waals surface area contributed by atoms with E-state index in [0.29, 0.717) is 30.1 Å². The summed E-state index contributed by atoms with van der Waals surface area (Å²) in [5, 5.41) is 16.8. The first kappa shape index (κ1) is 38.3. The number of pyridine rings is 1. The molecule has 10 nitrogen and oxygen atoms in total. The van der Waals surface area contributed by atoms with Gasteiger partial charge in [-0.2, -0.15) is 0 Å². The van der Waals surface area contributed by atoms with Gasteiger partial charge in [-0.15, -0.1) is 0 Å². The Morgan fingerprint density at radius 1 is 0.962 bits per heavy atom. The zero-order valence-electron chi connectivity index (χ0n) is 31.8. The molecular weight excluding hydrogens is 668 g/mol. The number of hydrogen-bond donors (Lipinski definition) is 4. The van der Waals surface area contributed by atoms with Gasteiger partial charge in [0.1, 0.15) is 24.2 Å². The summed E-state index contributed by atoms with van der Waals surface area (Å²) in [6.07, 6.45) is 17.1. The minimum atomic E-state index is -1.18. The number of carbonyl (C=O) groups excluding carboxylic acids is 3. The minimum absolute atomic E-state index is 0.158. The number of carboxylic acids is 1. The van der Waals surface area contributed by atoms with Crippen molar-refractivity contribution in [2.24, 2.45) is 34.5 Å². The highest BCUT2D eigenvalue weighted by Gasteiger charge is 2.57. The number of nitrogens with one attached hydrogen (secondary N) is 3. The Balaban J connectivity index is 1.01. The zero-order valence-corrected chi connectivity index (χ0v) is 31.8. The summed E-state index contributed by atoms with van der Waals surface area (Å²) >= 11 is 0. The van der Waals surface area contributed by atoms with E-state index in [0.717, 1.165) is 37.7 Å². The van der Waals surface area contributed by atoms with Crippen LogP contribution in [-0.2, 0) is 25.5 Å². The Labute approximate surface area is 313 Å². The van der Waals surface area contributed by atoms with Crippen molar-refractivity contribution in [1.82, 2.24) is 20.9 Å². The molecule has 4 aliphatic carbocycles. The van der Waals surface area contributed by atoms with E-state index in [4.69, 9.17) is 4.74 Å². The van der Waals surface area contributed by atoms with Crippen LogP contribution in [0.25, 0.3) is 5.57 Å². The molecule has 1 heterocycles. The Hall–Kier alpha value is -4.47. The van der Waals surface area contributed by atoms with Gasteiger partial charge >= 0.3 is 12.1 Å². The number of carbonyl (C=O) groups is 4. The van der Waals surface area contributed by atoms with E-state index in [9.17, 15) is 24.3 Å². The van der Waals surface area contributed by atoms with Gasteiger partial charge in [-0.25, -0.2) is 4.79 Å². The van der Waals surface area contributed by atoms with Crippen LogP contribution in [0.3, 0.4) is 0 Å². The van der Waals surface area contributed by atoms with Crippen LogP contribution in [0.4, 0.5) is 4.79 Å². The first-order valence-corrected chi connectivity index (χ1v) is 19.3. The largest absolute Gasteiger partial charge is 0.480 e. The number of amides is 3. The third kappa shape index (κ3) is 8.36. The topological polar surface area (TPSA) is 147 Å². The lowest BCUT2D eigenvalue weighted by Gasteiger charge is -2.58. The van der Waals surface area contributed by atoms with Crippen LogP contribution in [-0.4, -0.2) is 58.2 Å². The molecule has 1 aromatic carbocycles. The first-order valence-electron chi connectivity index (χ1n) is 19.3. The van der Waals surface area contributed by atoms with E-state index >= 15 is 0 Å². The fraction of sp³-hybridized carbons (Fsp3) is 0.558. The Morgan fingerprint density at radius 3 is 2.43 bits per heavy atom. The predicted octanol–water partition coefficient (Wildman–Crippen LogP) is 6.87. The Morgan fingerprint density at radius 2 is 1.72 bits per heavy atom.